The molecule has 16 heavy (non-hydrogen) atoms. The predicted octanol–water partition coefficient (Wildman–Crippen LogP) is 4.14. The van der Waals surface area contributed by atoms with E-state index in [4.69, 9.17) is 0 Å². The van der Waals surface area contributed by atoms with Crippen LogP contribution in [0.5, 0.6) is 0 Å². The molecule has 1 N–H and O–H groups in total. The number of pyridine rings is 1. The predicted molar refractivity (Wildman–Crippen MR) is 71.7 cm³/mol. The first kappa shape index (κ1) is 11.9. The van der Waals surface area contributed by atoms with E-state index in [1.54, 1.807) is 0 Å². The fourth-order valence-corrected chi connectivity index (χ4v) is 2.69. The molecule has 1 aliphatic carbocycles. The Morgan fingerprint density at radius 2 is 2.12 bits per heavy atom. The van der Waals surface area contributed by atoms with E-state index in [1.165, 1.54) is 31.2 Å². The van der Waals surface area contributed by atoms with Crippen molar-refractivity contribution in [2.45, 2.75) is 45.6 Å². The molecule has 1 atom stereocenters. The number of aromatic nitrogens is 1. The van der Waals surface area contributed by atoms with Crippen LogP contribution >= 0.6 is 15.9 Å². The van der Waals surface area contributed by atoms with Gasteiger partial charge in [-0.05, 0) is 60.2 Å². The smallest absolute Gasteiger partial charge is 0.109 e. The Labute approximate surface area is 106 Å². The van der Waals surface area contributed by atoms with E-state index >= 15 is 0 Å². The highest BCUT2D eigenvalue weighted by atomic mass is 79.9. The molecule has 0 saturated heterocycles. The lowest BCUT2D eigenvalue weighted by molar-refractivity contribution is 0.482. The summed E-state index contributed by atoms with van der Waals surface area (Å²) in [6, 6.07) is 2.72. The van der Waals surface area contributed by atoms with E-state index in [0.717, 1.165) is 16.2 Å². The molecule has 1 heterocycles. The molecular formula is C13H19BrN2. The Kier molecular flexibility index (Phi) is 3.85. The van der Waals surface area contributed by atoms with Gasteiger partial charge >= 0.3 is 0 Å². The molecule has 0 radical (unpaired) electrons. The lowest BCUT2D eigenvalue weighted by Crippen LogP contribution is -2.23. The van der Waals surface area contributed by atoms with Crippen LogP contribution < -0.4 is 5.32 Å². The van der Waals surface area contributed by atoms with Gasteiger partial charge in [-0.3, -0.25) is 0 Å². The maximum Gasteiger partial charge on any atom is 0.109 e. The monoisotopic (exact) mass is 282 g/mol. The summed E-state index contributed by atoms with van der Waals surface area (Å²) in [6.07, 6.45) is 7.44. The van der Waals surface area contributed by atoms with Gasteiger partial charge in [0, 0.05) is 6.04 Å². The molecule has 1 fully saturated rings. The van der Waals surface area contributed by atoms with Gasteiger partial charge in [0.05, 0.1) is 11.9 Å². The molecular weight excluding hydrogens is 264 g/mol. The quantitative estimate of drug-likeness (QED) is 0.843. The lowest BCUT2D eigenvalue weighted by atomic mass is 10.00. The Hall–Kier alpha value is -0.570. The number of rotatable bonds is 3. The summed E-state index contributed by atoms with van der Waals surface area (Å²) >= 11 is 3.42. The van der Waals surface area contributed by atoms with Crippen LogP contribution in [0.15, 0.2) is 16.9 Å². The third kappa shape index (κ3) is 2.76. The Morgan fingerprint density at radius 1 is 1.44 bits per heavy atom. The number of anilines is 1. The summed E-state index contributed by atoms with van der Waals surface area (Å²) in [5, 5.41) is 3.57. The van der Waals surface area contributed by atoms with Gasteiger partial charge in [0.15, 0.2) is 0 Å². The van der Waals surface area contributed by atoms with Gasteiger partial charge in [-0.1, -0.05) is 12.8 Å². The molecule has 0 spiro atoms. The van der Waals surface area contributed by atoms with Crippen LogP contribution in [0, 0.1) is 12.8 Å². The Bertz CT molecular complexity index is 359. The van der Waals surface area contributed by atoms with Crippen molar-refractivity contribution >= 4 is 21.6 Å². The van der Waals surface area contributed by atoms with Gasteiger partial charge in [-0.15, -0.1) is 0 Å². The number of halogens is 1. The van der Waals surface area contributed by atoms with Gasteiger partial charge in [0.25, 0.3) is 0 Å². The first-order valence-corrected chi connectivity index (χ1v) is 6.85. The molecule has 1 saturated carbocycles. The highest BCUT2D eigenvalue weighted by Gasteiger charge is 2.21. The largest absolute Gasteiger partial charge is 0.381 e. The fraction of sp³-hybridized carbons (Fsp3) is 0.615. The average Bonchev–Trinajstić information content (AvgIpc) is 2.77. The van der Waals surface area contributed by atoms with E-state index in [0.29, 0.717) is 6.04 Å². The van der Waals surface area contributed by atoms with Crippen LogP contribution in [0.4, 0.5) is 5.69 Å². The second-order valence-electron chi connectivity index (χ2n) is 4.81. The van der Waals surface area contributed by atoms with Crippen LogP contribution in [0.1, 0.15) is 38.2 Å². The number of nitrogens with zero attached hydrogens (tertiary/aromatic N) is 1. The van der Waals surface area contributed by atoms with Crippen molar-refractivity contribution in [1.29, 1.82) is 0 Å². The van der Waals surface area contributed by atoms with Gasteiger partial charge in [-0.25, -0.2) is 4.98 Å². The second-order valence-corrected chi connectivity index (χ2v) is 5.56. The summed E-state index contributed by atoms with van der Waals surface area (Å²) in [5.74, 6) is 0.837. The van der Waals surface area contributed by atoms with Crippen LogP contribution in [-0.2, 0) is 0 Å². The van der Waals surface area contributed by atoms with Gasteiger partial charge in [0.2, 0.25) is 0 Å². The molecule has 1 aromatic rings. The highest BCUT2D eigenvalue weighted by Crippen LogP contribution is 2.29. The minimum absolute atomic E-state index is 0.560. The summed E-state index contributed by atoms with van der Waals surface area (Å²) in [4.78, 5) is 4.31. The minimum Gasteiger partial charge on any atom is -0.381 e. The lowest BCUT2D eigenvalue weighted by Gasteiger charge is -2.21. The van der Waals surface area contributed by atoms with Gasteiger partial charge < -0.3 is 5.32 Å². The van der Waals surface area contributed by atoms with Crippen molar-refractivity contribution in [3.05, 3.63) is 22.4 Å². The second kappa shape index (κ2) is 5.17. The SMILES string of the molecule is Cc1cc(NC(C)C2CCCC2)cnc1Br. The third-order valence-electron chi connectivity index (χ3n) is 3.52. The zero-order chi connectivity index (χ0) is 11.5. The topological polar surface area (TPSA) is 24.9 Å². The molecule has 0 bridgehead atoms. The molecule has 3 heteroatoms. The first-order valence-electron chi connectivity index (χ1n) is 6.05. The molecule has 1 aromatic heterocycles. The molecule has 2 nitrogen and oxygen atoms in total. The summed E-state index contributed by atoms with van der Waals surface area (Å²) < 4.78 is 0.937. The standard InChI is InChI=1S/C13H19BrN2/c1-9-7-12(8-15-13(9)14)16-10(2)11-5-3-4-6-11/h7-8,10-11,16H,3-6H2,1-2H3. The zero-order valence-electron chi connectivity index (χ0n) is 9.96. The van der Waals surface area contributed by atoms with Gasteiger partial charge in [-0.2, -0.15) is 0 Å². The van der Waals surface area contributed by atoms with Crippen molar-refractivity contribution in [2.75, 3.05) is 5.32 Å². The summed E-state index contributed by atoms with van der Waals surface area (Å²) in [6.45, 7) is 4.36. The summed E-state index contributed by atoms with van der Waals surface area (Å²) in [7, 11) is 0. The maximum absolute atomic E-state index is 4.31. The average molecular weight is 283 g/mol. The van der Waals surface area contributed by atoms with E-state index in [1.807, 2.05) is 6.20 Å². The molecule has 88 valence electrons. The molecule has 0 aromatic carbocycles. The van der Waals surface area contributed by atoms with E-state index in [-0.39, 0.29) is 0 Å². The molecule has 0 aliphatic heterocycles. The third-order valence-corrected chi connectivity index (χ3v) is 4.35. The van der Waals surface area contributed by atoms with Crippen LogP contribution in [0.25, 0.3) is 0 Å². The normalized spacial score (nSPS) is 18.7. The number of nitrogens with one attached hydrogen (secondary N) is 1. The molecule has 1 aliphatic rings. The van der Waals surface area contributed by atoms with Crippen molar-refractivity contribution in [1.82, 2.24) is 4.98 Å². The van der Waals surface area contributed by atoms with Crippen molar-refractivity contribution in [3.8, 4) is 0 Å². The van der Waals surface area contributed by atoms with Crippen LogP contribution in [0.3, 0.4) is 0 Å². The summed E-state index contributed by atoms with van der Waals surface area (Å²) in [5.41, 5.74) is 2.32. The molecule has 2 rings (SSSR count). The van der Waals surface area contributed by atoms with Gasteiger partial charge in [0.1, 0.15) is 4.60 Å². The van der Waals surface area contributed by atoms with Crippen LogP contribution in [0.2, 0.25) is 0 Å². The zero-order valence-corrected chi connectivity index (χ0v) is 11.5. The van der Waals surface area contributed by atoms with E-state index in [2.05, 4.69) is 46.1 Å². The van der Waals surface area contributed by atoms with Crippen molar-refractivity contribution < 1.29 is 0 Å². The maximum atomic E-state index is 4.31. The minimum atomic E-state index is 0.560. The Morgan fingerprint density at radius 3 is 2.75 bits per heavy atom. The molecule has 1 unspecified atom stereocenters. The number of hydrogen-bond donors (Lipinski definition) is 1. The van der Waals surface area contributed by atoms with Crippen molar-refractivity contribution in [3.63, 3.8) is 0 Å². The van der Waals surface area contributed by atoms with E-state index in [9.17, 15) is 0 Å². The first-order chi connectivity index (χ1) is 7.66. The van der Waals surface area contributed by atoms with Crippen molar-refractivity contribution in [2.24, 2.45) is 5.92 Å². The highest BCUT2D eigenvalue weighted by molar-refractivity contribution is 9.10. The van der Waals surface area contributed by atoms with E-state index < -0.39 is 0 Å². The Balaban J connectivity index is 1.99. The van der Waals surface area contributed by atoms with Crippen LogP contribution in [-0.4, -0.2) is 11.0 Å². The fourth-order valence-electron chi connectivity index (χ4n) is 2.48. The molecule has 0 amide bonds. The number of aryl methyl sites for hydroxylation is 1. The number of hydrogen-bond acceptors (Lipinski definition) is 2.